The molecule has 0 aliphatic carbocycles. The third kappa shape index (κ3) is 12.9. The van der Waals surface area contributed by atoms with Crippen LogP contribution in [0.15, 0.2) is 48.7 Å². The monoisotopic (exact) mass is 798 g/mol. The molecule has 266 valence electrons. The summed E-state index contributed by atoms with van der Waals surface area (Å²) < 4.78 is 38.9. The highest BCUT2D eigenvalue weighted by atomic mass is 127. The van der Waals surface area contributed by atoms with E-state index in [1.807, 2.05) is 22.6 Å². The second kappa shape index (κ2) is 18.4. The molecule has 1 aromatic heterocycles. The van der Waals surface area contributed by atoms with E-state index in [-0.39, 0.29) is 44.2 Å². The van der Waals surface area contributed by atoms with Crippen molar-refractivity contribution in [3.8, 4) is 0 Å². The van der Waals surface area contributed by atoms with Crippen LogP contribution in [0.25, 0.3) is 10.8 Å². The molecule has 5 amide bonds. The van der Waals surface area contributed by atoms with Crippen molar-refractivity contribution in [2.24, 2.45) is 0 Å². The van der Waals surface area contributed by atoms with Gasteiger partial charge in [-0.2, -0.15) is 0 Å². The molecule has 2 atom stereocenters. The van der Waals surface area contributed by atoms with Crippen molar-refractivity contribution in [3.63, 3.8) is 0 Å². The maximum atomic E-state index is 14.2. The molecule has 16 heteroatoms. The summed E-state index contributed by atoms with van der Waals surface area (Å²) in [7, 11) is 1.47. The number of rotatable bonds is 14. The summed E-state index contributed by atoms with van der Waals surface area (Å²) in [5.41, 5.74) is 0.316. The van der Waals surface area contributed by atoms with Gasteiger partial charge in [-0.1, -0.05) is 34.7 Å². The fourth-order valence-electron chi connectivity index (χ4n) is 4.52. The van der Waals surface area contributed by atoms with Crippen molar-refractivity contribution in [1.29, 1.82) is 0 Å². The van der Waals surface area contributed by atoms with Crippen LogP contribution in [0, 0.1) is 11.6 Å². The number of aromatic nitrogens is 1. The number of pyridine rings is 1. The SMILES string of the molecule is CN(C(=O)NCc1cccc(F)c1CI)[C@@H](CCC(=O)NC[C@H](CO)NC(=O)OC(C)(C)C)COC(=O)Nc1cc2cc(F)ccc2cn1. The van der Waals surface area contributed by atoms with E-state index in [2.05, 4.69) is 26.3 Å². The van der Waals surface area contributed by atoms with Crippen molar-refractivity contribution in [3.05, 3.63) is 71.4 Å². The number of aliphatic hydroxyl groups is 1. The number of ether oxygens (including phenoxy) is 2. The van der Waals surface area contributed by atoms with E-state index in [0.29, 0.717) is 26.3 Å². The van der Waals surface area contributed by atoms with Gasteiger partial charge in [-0.05, 0) is 68.5 Å². The Hall–Kier alpha value is -4.32. The molecule has 0 spiro atoms. The number of hydrogen-bond donors (Lipinski definition) is 5. The van der Waals surface area contributed by atoms with Gasteiger partial charge in [-0.15, -0.1) is 0 Å². The second-order valence-corrected chi connectivity index (χ2v) is 12.9. The molecule has 2 aromatic carbocycles. The molecule has 0 saturated carbocycles. The lowest BCUT2D eigenvalue weighted by atomic mass is 10.1. The molecule has 0 aliphatic heterocycles. The van der Waals surface area contributed by atoms with Gasteiger partial charge in [0, 0.05) is 48.1 Å². The van der Waals surface area contributed by atoms with Gasteiger partial charge in [0.1, 0.15) is 29.7 Å². The lowest BCUT2D eigenvalue weighted by Gasteiger charge is -2.28. The Morgan fingerprint density at radius 3 is 2.49 bits per heavy atom. The summed E-state index contributed by atoms with van der Waals surface area (Å²) in [4.78, 5) is 56.1. The van der Waals surface area contributed by atoms with Gasteiger partial charge in [0.25, 0.3) is 0 Å². The smallest absolute Gasteiger partial charge is 0.412 e. The van der Waals surface area contributed by atoms with E-state index in [9.17, 15) is 33.1 Å². The molecule has 13 nitrogen and oxygen atoms in total. The van der Waals surface area contributed by atoms with Crippen LogP contribution in [0.4, 0.5) is 29.0 Å². The number of alkyl halides is 1. The molecular weight excluding hydrogens is 757 g/mol. The lowest BCUT2D eigenvalue weighted by molar-refractivity contribution is -0.121. The van der Waals surface area contributed by atoms with E-state index in [0.717, 1.165) is 0 Å². The molecule has 5 N–H and O–H groups in total. The number of aliphatic hydroxyl groups excluding tert-OH is 1. The number of likely N-dealkylation sites (N-methyl/N-ethyl adjacent to an activating group) is 1. The third-order valence-corrected chi connectivity index (χ3v) is 7.92. The number of amides is 5. The molecule has 3 aromatic rings. The zero-order chi connectivity index (χ0) is 36.1. The van der Waals surface area contributed by atoms with Gasteiger partial charge in [0.2, 0.25) is 5.91 Å². The quantitative estimate of drug-likeness (QED) is 0.112. The first-order valence-corrected chi connectivity index (χ1v) is 16.9. The lowest BCUT2D eigenvalue weighted by Crippen LogP contribution is -2.48. The van der Waals surface area contributed by atoms with Crippen LogP contribution in [0.3, 0.4) is 0 Å². The van der Waals surface area contributed by atoms with Crippen molar-refractivity contribution < 1.29 is 42.5 Å². The van der Waals surface area contributed by atoms with Crippen LogP contribution >= 0.6 is 22.6 Å². The van der Waals surface area contributed by atoms with Crippen molar-refractivity contribution in [2.75, 3.05) is 32.1 Å². The molecule has 0 bridgehead atoms. The third-order valence-electron chi connectivity index (χ3n) is 7.16. The number of fused-ring (bicyclic) bond motifs is 1. The minimum absolute atomic E-state index is 0.0369. The highest BCUT2D eigenvalue weighted by Crippen LogP contribution is 2.19. The topological polar surface area (TPSA) is 171 Å². The van der Waals surface area contributed by atoms with Crippen LogP contribution in [0.2, 0.25) is 0 Å². The number of carbonyl (C=O) groups is 4. The number of nitrogens with zero attached hydrogens (tertiary/aromatic N) is 2. The van der Waals surface area contributed by atoms with Crippen LogP contribution < -0.4 is 21.3 Å². The molecular formula is C33H41F2IN6O7. The first-order chi connectivity index (χ1) is 23.2. The average molecular weight is 799 g/mol. The summed E-state index contributed by atoms with van der Waals surface area (Å²) in [6.07, 6.45) is -0.232. The molecule has 0 radical (unpaired) electrons. The zero-order valence-electron chi connectivity index (χ0n) is 27.6. The number of benzene rings is 2. The molecule has 0 saturated heterocycles. The van der Waals surface area contributed by atoms with E-state index in [1.165, 1.54) is 42.4 Å². The predicted molar refractivity (Wildman–Crippen MR) is 187 cm³/mol. The average Bonchev–Trinajstić information content (AvgIpc) is 3.04. The maximum Gasteiger partial charge on any atom is 0.412 e. The van der Waals surface area contributed by atoms with Crippen molar-refractivity contribution >= 4 is 63.3 Å². The van der Waals surface area contributed by atoms with Gasteiger partial charge >= 0.3 is 18.2 Å². The van der Waals surface area contributed by atoms with Gasteiger partial charge in [-0.25, -0.2) is 28.1 Å². The summed E-state index contributed by atoms with van der Waals surface area (Å²) in [6.45, 7) is 4.24. The molecule has 0 unspecified atom stereocenters. The summed E-state index contributed by atoms with van der Waals surface area (Å²) in [5, 5.41) is 21.1. The molecule has 3 rings (SSSR count). The molecule has 49 heavy (non-hydrogen) atoms. The zero-order valence-corrected chi connectivity index (χ0v) is 29.8. The molecule has 1 heterocycles. The van der Waals surface area contributed by atoms with Crippen molar-refractivity contribution in [1.82, 2.24) is 25.8 Å². The minimum atomic E-state index is -0.892. The first kappa shape index (κ1) is 39.1. The fraction of sp³-hybridized carbons (Fsp3) is 0.424. The maximum absolute atomic E-state index is 14.2. The van der Waals surface area contributed by atoms with Crippen molar-refractivity contribution in [2.45, 2.75) is 62.3 Å². The first-order valence-electron chi connectivity index (χ1n) is 15.4. The normalized spacial score (nSPS) is 12.4. The number of halogens is 3. The Morgan fingerprint density at radius 1 is 1.04 bits per heavy atom. The minimum Gasteiger partial charge on any atom is -0.447 e. The van der Waals surface area contributed by atoms with E-state index in [1.54, 1.807) is 39.0 Å². The van der Waals surface area contributed by atoms with Crippen LogP contribution in [-0.2, 0) is 25.2 Å². The summed E-state index contributed by atoms with van der Waals surface area (Å²) in [6, 6.07) is 8.07. The Kier molecular flexibility index (Phi) is 14.7. The predicted octanol–water partition coefficient (Wildman–Crippen LogP) is 4.99. The second-order valence-electron chi connectivity index (χ2n) is 12.1. The highest BCUT2D eigenvalue weighted by molar-refractivity contribution is 14.1. The summed E-state index contributed by atoms with van der Waals surface area (Å²) in [5.74, 6) is -1.17. The van der Waals surface area contributed by atoms with E-state index >= 15 is 0 Å². The Bertz CT molecular complexity index is 1620. The van der Waals surface area contributed by atoms with Gasteiger partial charge in [0.05, 0.1) is 18.7 Å². The number of hydrogen-bond acceptors (Lipinski definition) is 8. The highest BCUT2D eigenvalue weighted by Gasteiger charge is 2.24. The van der Waals surface area contributed by atoms with Crippen LogP contribution in [-0.4, -0.2) is 83.6 Å². The number of nitrogens with one attached hydrogen (secondary N) is 4. The van der Waals surface area contributed by atoms with Crippen LogP contribution in [0.1, 0.15) is 44.7 Å². The fourth-order valence-corrected chi connectivity index (χ4v) is 5.37. The summed E-state index contributed by atoms with van der Waals surface area (Å²) >= 11 is 2.04. The Balaban J connectivity index is 1.63. The molecule has 0 fully saturated rings. The Morgan fingerprint density at radius 2 is 1.80 bits per heavy atom. The van der Waals surface area contributed by atoms with Crippen LogP contribution in [0.5, 0.6) is 0 Å². The van der Waals surface area contributed by atoms with Gasteiger partial charge < -0.3 is 35.4 Å². The number of alkyl carbamates (subject to hydrolysis) is 1. The molecule has 0 aliphatic rings. The Labute approximate surface area is 296 Å². The number of carbonyl (C=O) groups excluding carboxylic acids is 4. The largest absolute Gasteiger partial charge is 0.447 e. The number of anilines is 1. The number of urea groups is 1. The standard InChI is InChI=1S/C33H41F2IN6O7/c1-33(2,3)49-32(47)40-24(18-43)17-38-29(44)11-10-25(42(4)30(45)39-16-21-6-5-7-27(35)26(21)14-36)19-48-31(46)41-28-13-22-12-23(34)9-8-20(22)15-37-28/h5-9,12-13,15,24-25,43H,10-11,14,16-19H2,1-4H3,(H,38,44)(H,39,45)(H,40,47)(H,37,41,46)/t24-,25+/m1/s1. The van der Waals surface area contributed by atoms with E-state index in [4.69, 9.17) is 9.47 Å². The van der Waals surface area contributed by atoms with Gasteiger partial charge in [0.15, 0.2) is 0 Å². The van der Waals surface area contributed by atoms with Gasteiger partial charge in [-0.3, -0.25) is 10.1 Å². The van der Waals surface area contributed by atoms with E-state index < -0.39 is 54.2 Å².